The zero-order valence-corrected chi connectivity index (χ0v) is 10.2. The molecule has 2 rings (SSSR count). The molecular formula is C13H22N2O. The van der Waals surface area contributed by atoms with Crippen molar-refractivity contribution in [3.63, 3.8) is 0 Å². The third-order valence-electron chi connectivity index (χ3n) is 3.17. The van der Waals surface area contributed by atoms with Gasteiger partial charge < -0.3 is 15.0 Å². The van der Waals surface area contributed by atoms with Gasteiger partial charge in [-0.25, -0.2) is 0 Å². The molecule has 1 saturated heterocycles. The van der Waals surface area contributed by atoms with E-state index < -0.39 is 0 Å². The van der Waals surface area contributed by atoms with Gasteiger partial charge in [-0.1, -0.05) is 0 Å². The molecule has 0 saturated carbocycles. The number of nitrogens with two attached hydrogens (primary N) is 1. The van der Waals surface area contributed by atoms with Gasteiger partial charge in [0.2, 0.25) is 0 Å². The van der Waals surface area contributed by atoms with E-state index in [1.807, 2.05) is 6.92 Å². The molecule has 0 amide bonds. The maximum atomic E-state index is 5.84. The topological polar surface area (TPSA) is 40.2 Å². The van der Waals surface area contributed by atoms with Gasteiger partial charge in [0.25, 0.3) is 0 Å². The zero-order chi connectivity index (χ0) is 11.5. The first kappa shape index (κ1) is 11.7. The monoisotopic (exact) mass is 222 g/mol. The lowest BCUT2D eigenvalue weighted by molar-refractivity contribution is 0.0454. The van der Waals surface area contributed by atoms with Crippen LogP contribution in [0.15, 0.2) is 18.3 Å². The molecule has 1 aromatic rings. The van der Waals surface area contributed by atoms with Crippen molar-refractivity contribution in [3.8, 4) is 0 Å². The van der Waals surface area contributed by atoms with E-state index in [1.165, 1.54) is 18.5 Å². The maximum absolute atomic E-state index is 5.84. The highest BCUT2D eigenvalue weighted by molar-refractivity contribution is 5.08. The standard InChI is InChI=1S/C13H22N2O/c1-10(14)8-12-4-3-7-15(12)9-13-6-5-11(2)16-13/h3-4,7,10-11,13H,5-6,8-9,14H2,1-2H3. The number of hydrogen-bond donors (Lipinski definition) is 1. The Morgan fingerprint density at radius 1 is 1.56 bits per heavy atom. The Hall–Kier alpha value is -0.800. The Labute approximate surface area is 97.6 Å². The molecule has 0 spiro atoms. The summed E-state index contributed by atoms with van der Waals surface area (Å²) in [5.41, 5.74) is 7.16. The van der Waals surface area contributed by atoms with E-state index >= 15 is 0 Å². The van der Waals surface area contributed by atoms with Crippen LogP contribution in [0.2, 0.25) is 0 Å². The van der Waals surface area contributed by atoms with E-state index in [-0.39, 0.29) is 6.04 Å². The fourth-order valence-corrected chi connectivity index (χ4v) is 2.38. The normalized spacial score (nSPS) is 27.2. The average molecular weight is 222 g/mol. The first-order chi connectivity index (χ1) is 7.65. The third-order valence-corrected chi connectivity index (χ3v) is 3.17. The van der Waals surface area contributed by atoms with Gasteiger partial charge in [0, 0.05) is 30.9 Å². The Balaban J connectivity index is 1.96. The molecule has 3 unspecified atom stereocenters. The van der Waals surface area contributed by atoms with Crippen LogP contribution in [0, 0.1) is 0 Å². The van der Waals surface area contributed by atoms with Crippen molar-refractivity contribution in [1.82, 2.24) is 4.57 Å². The first-order valence-corrected chi connectivity index (χ1v) is 6.20. The van der Waals surface area contributed by atoms with Crippen molar-refractivity contribution in [2.45, 2.75) is 57.9 Å². The SMILES string of the molecule is CC(N)Cc1cccn1CC1CCC(C)O1. The second kappa shape index (κ2) is 5.02. The molecule has 90 valence electrons. The van der Waals surface area contributed by atoms with Gasteiger partial charge in [0.1, 0.15) is 0 Å². The van der Waals surface area contributed by atoms with Crippen molar-refractivity contribution in [2.24, 2.45) is 5.73 Å². The minimum absolute atomic E-state index is 0.220. The Bertz CT molecular complexity index is 332. The van der Waals surface area contributed by atoms with Gasteiger partial charge >= 0.3 is 0 Å². The van der Waals surface area contributed by atoms with Gasteiger partial charge in [0.15, 0.2) is 0 Å². The zero-order valence-electron chi connectivity index (χ0n) is 10.2. The van der Waals surface area contributed by atoms with Crippen molar-refractivity contribution in [2.75, 3.05) is 0 Å². The summed E-state index contributed by atoms with van der Waals surface area (Å²) < 4.78 is 8.13. The van der Waals surface area contributed by atoms with Crippen LogP contribution in [0.5, 0.6) is 0 Å². The predicted octanol–water partition coefficient (Wildman–Crippen LogP) is 1.95. The number of rotatable bonds is 4. The molecule has 1 fully saturated rings. The molecule has 0 aromatic carbocycles. The van der Waals surface area contributed by atoms with Crippen LogP contribution in [0.3, 0.4) is 0 Å². The molecule has 16 heavy (non-hydrogen) atoms. The van der Waals surface area contributed by atoms with Gasteiger partial charge in [-0.05, 0) is 38.8 Å². The van der Waals surface area contributed by atoms with Crippen molar-refractivity contribution >= 4 is 0 Å². The summed E-state index contributed by atoms with van der Waals surface area (Å²) in [4.78, 5) is 0. The lowest BCUT2D eigenvalue weighted by atomic mass is 10.2. The summed E-state index contributed by atoms with van der Waals surface area (Å²) in [5, 5.41) is 0. The second-order valence-electron chi connectivity index (χ2n) is 4.98. The molecule has 3 nitrogen and oxygen atoms in total. The van der Waals surface area contributed by atoms with Gasteiger partial charge in [-0.15, -0.1) is 0 Å². The van der Waals surface area contributed by atoms with Crippen molar-refractivity contribution < 1.29 is 4.74 Å². The smallest absolute Gasteiger partial charge is 0.0758 e. The van der Waals surface area contributed by atoms with Gasteiger partial charge in [-0.2, -0.15) is 0 Å². The molecule has 1 aromatic heterocycles. The molecule has 2 heterocycles. The predicted molar refractivity (Wildman–Crippen MR) is 65.4 cm³/mol. The quantitative estimate of drug-likeness (QED) is 0.845. The molecule has 3 heteroatoms. The minimum atomic E-state index is 0.220. The van der Waals surface area contributed by atoms with E-state index in [2.05, 4.69) is 29.8 Å². The Morgan fingerprint density at radius 2 is 2.38 bits per heavy atom. The highest BCUT2D eigenvalue weighted by atomic mass is 16.5. The van der Waals surface area contributed by atoms with E-state index in [9.17, 15) is 0 Å². The van der Waals surface area contributed by atoms with Gasteiger partial charge in [-0.3, -0.25) is 0 Å². The Kier molecular flexibility index (Phi) is 3.66. The third kappa shape index (κ3) is 2.86. The summed E-state index contributed by atoms with van der Waals surface area (Å²) in [6, 6.07) is 4.47. The molecule has 0 bridgehead atoms. The van der Waals surface area contributed by atoms with E-state index in [0.717, 1.165) is 13.0 Å². The summed E-state index contributed by atoms with van der Waals surface area (Å²) >= 11 is 0. The Morgan fingerprint density at radius 3 is 3.00 bits per heavy atom. The van der Waals surface area contributed by atoms with Crippen LogP contribution in [-0.4, -0.2) is 22.8 Å². The summed E-state index contributed by atoms with van der Waals surface area (Å²) in [6.07, 6.45) is 6.25. The maximum Gasteiger partial charge on any atom is 0.0758 e. The summed E-state index contributed by atoms with van der Waals surface area (Å²) in [7, 11) is 0. The fraction of sp³-hybridized carbons (Fsp3) is 0.692. The van der Waals surface area contributed by atoms with Crippen LogP contribution in [0.25, 0.3) is 0 Å². The molecule has 0 radical (unpaired) electrons. The summed E-state index contributed by atoms with van der Waals surface area (Å²) in [6.45, 7) is 5.17. The van der Waals surface area contributed by atoms with Crippen LogP contribution in [0.1, 0.15) is 32.4 Å². The average Bonchev–Trinajstić information content (AvgIpc) is 2.77. The second-order valence-corrected chi connectivity index (χ2v) is 4.98. The molecule has 0 aliphatic carbocycles. The fourth-order valence-electron chi connectivity index (χ4n) is 2.38. The number of aromatic nitrogens is 1. The highest BCUT2D eigenvalue weighted by Gasteiger charge is 2.22. The van der Waals surface area contributed by atoms with Crippen LogP contribution >= 0.6 is 0 Å². The van der Waals surface area contributed by atoms with E-state index in [4.69, 9.17) is 10.5 Å². The number of hydrogen-bond acceptors (Lipinski definition) is 2. The van der Waals surface area contributed by atoms with Crippen molar-refractivity contribution in [1.29, 1.82) is 0 Å². The molecule has 1 aliphatic heterocycles. The van der Waals surface area contributed by atoms with Gasteiger partial charge in [0.05, 0.1) is 12.2 Å². The largest absolute Gasteiger partial charge is 0.373 e. The molecular weight excluding hydrogens is 200 g/mol. The van der Waals surface area contributed by atoms with Crippen LogP contribution in [-0.2, 0) is 17.7 Å². The van der Waals surface area contributed by atoms with Crippen molar-refractivity contribution in [3.05, 3.63) is 24.0 Å². The van der Waals surface area contributed by atoms with Crippen LogP contribution in [0.4, 0.5) is 0 Å². The van der Waals surface area contributed by atoms with E-state index in [0.29, 0.717) is 12.2 Å². The van der Waals surface area contributed by atoms with Crippen LogP contribution < -0.4 is 5.73 Å². The lowest BCUT2D eigenvalue weighted by Gasteiger charge is -2.16. The first-order valence-electron chi connectivity index (χ1n) is 6.20. The molecule has 2 N–H and O–H groups in total. The summed E-state index contributed by atoms with van der Waals surface area (Å²) in [5.74, 6) is 0. The lowest BCUT2D eigenvalue weighted by Crippen LogP contribution is -2.22. The number of nitrogens with zero attached hydrogens (tertiary/aromatic N) is 1. The van der Waals surface area contributed by atoms with E-state index in [1.54, 1.807) is 0 Å². The number of ether oxygens (including phenoxy) is 1. The molecule has 3 atom stereocenters. The highest BCUT2D eigenvalue weighted by Crippen LogP contribution is 2.21. The molecule has 1 aliphatic rings. The minimum Gasteiger partial charge on any atom is -0.373 e.